The molecule has 1 aromatic heterocycles. The molecule has 1 N–H and O–H groups in total. The van der Waals surface area contributed by atoms with E-state index in [9.17, 15) is 4.39 Å². The third-order valence-corrected chi connectivity index (χ3v) is 2.78. The number of halogens is 2. The molecule has 0 amide bonds. The van der Waals surface area contributed by atoms with Gasteiger partial charge in [0.2, 0.25) is 0 Å². The third-order valence-electron chi connectivity index (χ3n) is 2.06. The summed E-state index contributed by atoms with van der Waals surface area (Å²) in [5, 5.41) is 3.23. The van der Waals surface area contributed by atoms with Crippen molar-refractivity contribution in [3.63, 3.8) is 0 Å². The van der Waals surface area contributed by atoms with Crippen molar-refractivity contribution in [3.05, 3.63) is 29.8 Å². The molecule has 0 radical (unpaired) electrons. The van der Waals surface area contributed by atoms with Gasteiger partial charge in [-0.05, 0) is 17.0 Å². The fourth-order valence-corrected chi connectivity index (χ4v) is 1.24. The molecule has 15 heavy (non-hydrogen) atoms. The van der Waals surface area contributed by atoms with Gasteiger partial charge in [-0.2, -0.15) is 0 Å². The molecule has 0 saturated heterocycles. The van der Waals surface area contributed by atoms with Crippen LogP contribution in [0.1, 0.15) is 19.4 Å². The Morgan fingerprint density at radius 1 is 1.47 bits per heavy atom. The molecular weight excluding hydrogens is 215 g/mol. The summed E-state index contributed by atoms with van der Waals surface area (Å²) < 4.78 is 12.8. The quantitative estimate of drug-likeness (QED) is 0.787. The molecule has 1 rings (SSSR count). The normalized spacial score (nSPS) is 11.7. The highest BCUT2D eigenvalue weighted by Crippen LogP contribution is 2.15. The van der Waals surface area contributed by atoms with E-state index in [0.29, 0.717) is 12.4 Å². The summed E-state index contributed by atoms with van der Waals surface area (Å²) in [6, 6.07) is 1.48. The van der Waals surface area contributed by atoms with Crippen LogP contribution in [-0.2, 0) is 6.54 Å². The number of rotatable bonds is 5. The maximum absolute atomic E-state index is 12.8. The van der Waals surface area contributed by atoms with Crippen LogP contribution in [0.2, 0.25) is 0 Å². The molecule has 0 aliphatic rings. The van der Waals surface area contributed by atoms with Crippen LogP contribution in [0.25, 0.3) is 0 Å². The van der Waals surface area contributed by atoms with Crippen LogP contribution in [0.15, 0.2) is 18.5 Å². The number of alkyl halides is 1. The van der Waals surface area contributed by atoms with E-state index in [1.54, 1.807) is 6.20 Å². The molecule has 1 aromatic rings. The van der Waals surface area contributed by atoms with E-state index in [2.05, 4.69) is 24.1 Å². The number of pyridine rings is 1. The average Bonchev–Trinajstić information content (AvgIpc) is 2.18. The second-order valence-electron chi connectivity index (χ2n) is 4.41. The second-order valence-corrected chi connectivity index (χ2v) is 4.68. The van der Waals surface area contributed by atoms with Crippen molar-refractivity contribution in [1.82, 2.24) is 10.3 Å². The summed E-state index contributed by atoms with van der Waals surface area (Å²) in [5.41, 5.74) is 0.905. The van der Waals surface area contributed by atoms with Gasteiger partial charge in [0.15, 0.2) is 0 Å². The standard InChI is InChI=1S/C11H16ClFN2/c1-11(2,7-12)8-15-5-9-3-10(13)6-14-4-9/h3-4,6,15H,5,7-8H2,1-2H3. The van der Waals surface area contributed by atoms with E-state index in [4.69, 9.17) is 11.6 Å². The van der Waals surface area contributed by atoms with Crippen LogP contribution in [0, 0.1) is 11.2 Å². The van der Waals surface area contributed by atoms with Crippen molar-refractivity contribution in [2.24, 2.45) is 5.41 Å². The Labute approximate surface area is 94.9 Å². The Morgan fingerprint density at radius 2 is 2.20 bits per heavy atom. The zero-order chi connectivity index (χ0) is 11.3. The SMILES string of the molecule is CC(C)(CCl)CNCc1cncc(F)c1. The summed E-state index contributed by atoms with van der Waals surface area (Å²) >= 11 is 5.79. The minimum Gasteiger partial charge on any atom is -0.312 e. The van der Waals surface area contributed by atoms with E-state index in [1.165, 1.54) is 12.3 Å². The van der Waals surface area contributed by atoms with Crippen molar-refractivity contribution in [2.45, 2.75) is 20.4 Å². The third kappa shape index (κ3) is 4.58. The van der Waals surface area contributed by atoms with E-state index >= 15 is 0 Å². The Hall–Kier alpha value is -0.670. The van der Waals surface area contributed by atoms with E-state index in [1.807, 2.05) is 0 Å². The van der Waals surface area contributed by atoms with Gasteiger partial charge in [-0.25, -0.2) is 4.39 Å². The van der Waals surface area contributed by atoms with Gasteiger partial charge in [0.25, 0.3) is 0 Å². The number of hydrogen-bond acceptors (Lipinski definition) is 2. The second kappa shape index (κ2) is 5.42. The first-order valence-electron chi connectivity index (χ1n) is 4.90. The van der Waals surface area contributed by atoms with Gasteiger partial charge in [-0.15, -0.1) is 11.6 Å². The molecule has 2 nitrogen and oxygen atoms in total. The predicted octanol–water partition coefficient (Wildman–Crippen LogP) is 2.58. The Morgan fingerprint density at radius 3 is 2.80 bits per heavy atom. The first-order valence-corrected chi connectivity index (χ1v) is 5.43. The van der Waals surface area contributed by atoms with Gasteiger partial charge >= 0.3 is 0 Å². The minimum absolute atomic E-state index is 0.0578. The lowest BCUT2D eigenvalue weighted by Gasteiger charge is -2.21. The van der Waals surface area contributed by atoms with Crippen molar-refractivity contribution in [2.75, 3.05) is 12.4 Å². The smallest absolute Gasteiger partial charge is 0.141 e. The molecular formula is C11H16ClFN2. The molecule has 1 heterocycles. The molecule has 0 aliphatic heterocycles. The van der Waals surface area contributed by atoms with Gasteiger partial charge in [0.1, 0.15) is 5.82 Å². The first-order chi connectivity index (χ1) is 7.03. The van der Waals surface area contributed by atoms with Gasteiger partial charge in [-0.3, -0.25) is 4.98 Å². The Balaban J connectivity index is 2.38. The van der Waals surface area contributed by atoms with E-state index in [-0.39, 0.29) is 11.2 Å². The minimum atomic E-state index is -0.300. The summed E-state index contributed by atoms with van der Waals surface area (Å²) in [6.07, 6.45) is 2.86. The summed E-state index contributed by atoms with van der Waals surface area (Å²) in [6.45, 7) is 5.58. The zero-order valence-corrected chi connectivity index (χ0v) is 9.81. The molecule has 0 saturated carbocycles. The fourth-order valence-electron chi connectivity index (χ4n) is 1.15. The Kier molecular flexibility index (Phi) is 4.48. The molecule has 0 aliphatic carbocycles. The van der Waals surface area contributed by atoms with Crippen molar-refractivity contribution >= 4 is 11.6 Å². The van der Waals surface area contributed by atoms with Crippen LogP contribution >= 0.6 is 11.6 Å². The predicted molar refractivity (Wildman–Crippen MR) is 60.4 cm³/mol. The van der Waals surface area contributed by atoms with Crippen LogP contribution < -0.4 is 5.32 Å². The molecule has 0 aromatic carbocycles. The largest absolute Gasteiger partial charge is 0.312 e. The van der Waals surface area contributed by atoms with Gasteiger partial charge < -0.3 is 5.32 Å². The average molecular weight is 231 g/mol. The molecule has 0 fully saturated rings. The number of nitrogens with zero attached hydrogens (tertiary/aromatic N) is 1. The highest BCUT2D eigenvalue weighted by atomic mass is 35.5. The highest BCUT2D eigenvalue weighted by molar-refractivity contribution is 6.18. The maximum Gasteiger partial charge on any atom is 0.141 e. The lowest BCUT2D eigenvalue weighted by molar-refractivity contribution is 0.385. The number of nitrogens with one attached hydrogen (secondary N) is 1. The molecule has 0 bridgehead atoms. The van der Waals surface area contributed by atoms with Crippen molar-refractivity contribution < 1.29 is 4.39 Å². The molecule has 4 heteroatoms. The Bertz CT molecular complexity index is 315. The van der Waals surface area contributed by atoms with Crippen LogP contribution in [0.5, 0.6) is 0 Å². The van der Waals surface area contributed by atoms with E-state index < -0.39 is 0 Å². The highest BCUT2D eigenvalue weighted by Gasteiger charge is 2.15. The van der Waals surface area contributed by atoms with Crippen LogP contribution in [-0.4, -0.2) is 17.4 Å². The maximum atomic E-state index is 12.8. The van der Waals surface area contributed by atoms with Gasteiger partial charge in [-0.1, -0.05) is 13.8 Å². The monoisotopic (exact) mass is 230 g/mol. The number of aromatic nitrogens is 1. The van der Waals surface area contributed by atoms with E-state index in [0.717, 1.165) is 12.1 Å². The van der Waals surface area contributed by atoms with Crippen molar-refractivity contribution in [3.8, 4) is 0 Å². The number of hydrogen-bond donors (Lipinski definition) is 1. The molecule has 84 valence electrons. The topological polar surface area (TPSA) is 24.9 Å². The molecule has 0 unspecified atom stereocenters. The first kappa shape index (κ1) is 12.4. The van der Waals surface area contributed by atoms with Crippen molar-refractivity contribution in [1.29, 1.82) is 0 Å². The summed E-state index contributed by atoms with van der Waals surface area (Å²) in [5.74, 6) is 0.299. The lowest BCUT2D eigenvalue weighted by atomic mass is 9.96. The molecule has 0 atom stereocenters. The van der Waals surface area contributed by atoms with Gasteiger partial charge in [0, 0.05) is 25.2 Å². The summed E-state index contributed by atoms with van der Waals surface area (Å²) in [4.78, 5) is 3.78. The van der Waals surface area contributed by atoms with Gasteiger partial charge in [0.05, 0.1) is 6.20 Å². The summed E-state index contributed by atoms with van der Waals surface area (Å²) in [7, 11) is 0. The van der Waals surface area contributed by atoms with Crippen LogP contribution in [0.4, 0.5) is 4.39 Å². The lowest BCUT2D eigenvalue weighted by Crippen LogP contribution is -2.30. The fraction of sp³-hybridized carbons (Fsp3) is 0.545. The molecule has 0 spiro atoms. The van der Waals surface area contributed by atoms with Crippen LogP contribution in [0.3, 0.4) is 0 Å². The zero-order valence-electron chi connectivity index (χ0n) is 9.06.